The fourth-order valence-electron chi connectivity index (χ4n) is 0.553. The van der Waals surface area contributed by atoms with Gasteiger partial charge in [0.05, 0.1) is 0 Å². The van der Waals surface area contributed by atoms with Crippen molar-refractivity contribution in [2.75, 3.05) is 0 Å². The molecule has 3 nitrogen and oxygen atoms in total. The van der Waals surface area contributed by atoms with Gasteiger partial charge in [0.2, 0.25) is 5.83 Å². The number of allylic oxidation sites excluding steroid dienone is 1. The van der Waals surface area contributed by atoms with Gasteiger partial charge in [0, 0.05) is 0 Å². The predicted molar refractivity (Wildman–Crippen MR) is 36.7 cm³/mol. The monoisotopic (exact) mass is 312 g/mol. The fraction of sp³-hybridized carbons (Fsp3) is 0.600. The molecular weight excluding hydrogens is 311 g/mol. The molecule has 0 aromatic carbocycles. The molecule has 108 valence electrons. The SMILES string of the molecule is O=S(=O)(O)/C(F)=C(\F)C(F)(F)C(F)(F)C(F)(F)F. The van der Waals surface area contributed by atoms with Gasteiger partial charge in [0.25, 0.3) is 5.16 Å². The lowest BCUT2D eigenvalue weighted by Gasteiger charge is -2.26. The summed E-state index contributed by atoms with van der Waals surface area (Å²) in [5.74, 6) is -18.2. The molecule has 0 aliphatic heterocycles. The molecule has 0 saturated carbocycles. The third kappa shape index (κ3) is 2.71. The van der Waals surface area contributed by atoms with Gasteiger partial charge in [0.1, 0.15) is 0 Å². The topological polar surface area (TPSA) is 54.4 Å². The van der Waals surface area contributed by atoms with Crippen LogP contribution in [-0.2, 0) is 10.1 Å². The van der Waals surface area contributed by atoms with Gasteiger partial charge in [-0.05, 0) is 0 Å². The van der Waals surface area contributed by atoms with E-state index in [2.05, 4.69) is 0 Å². The van der Waals surface area contributed by atoms with Gasteiger partial charge in [-0.1, -0.05) is 0 Å². The third-order valence-corrected chi connectivity index (χ3v) is 2.06. The highest BCUT2D eigenvalue weighted by atomic mass is 32.2. The Hall–Kier alpha value is -0.980. The van der Waals surface area contributed by atoms with E-state index in [0.717, 1.165) is 0 Å². The molecule has 0 saturated heterocycles. The highest BCUT2D eigenvalue weighted by Gasteiger charge is 2.76. The van der Waals surface area contributed by atoms with Crippen LogP contribution in [-0.4, -0.2) is 31.0 Å². The van der Waals surface area contributed by atoms with Crippen molar-refractivity contribution >= 4 is 10.1 Å². The molecule has 0 atom stereocenters. The van der Waals surface area contributed by atoms with E-state index in [1.807, 2.05) is 0 Å². The summed E-state index contributed by atoms with van der Waals surface area (Å²) in [5.41, 5.74) is 0. The number of hydrogen-bond donors (Lipinski definition) is 1. The number of alkyl halides is 7. The molecule has 0 fully saturated rings. The fourth-order valence-corrected chi connectivity index (χ4v) is 0.907. The standard InChI is InChI=1S/C5HF9O3S/c6-1(2(7)18(15,16)17)3(8,9)4(10,11)5(12,13)14/h(H,15,16,17)/b2-1-. The first-order valence-corrected chi connectivity index (χ1v) is 4.86. The van der Waals surface area contributed by atoms with Crippen molar-refractivity contribution in [3.8, 4) is 0 Å². The lowest BCUT2D eigenvalue weighted by Crippen LogP contribution is -2.52. The Morgan fingerprint density at radius 3 is 1.44 bits per heavy atom. The molecule has 0 aliphatic carbocycles. The number of halogens is 9. The molecule has 0 aromatic heterocycles. The number of hydrogen-bond acceptors (Lipinski definition) is 2. The third-order valence-electron chi connectivity index (χ3n) is 1.43. The summed E-state index contributed by atoms with van der Waals surface area (Å²) >= 11 is 0. The molecule has 13 heteroatoms. The van der Waals surface area contributed by atoms with E-state index in [1.54, 1.807) is 0 Å². The van der Waals surface area contributed by atoms with Crippen molar-refractivity contribution < 1.29 is 52.5 Å². The van der Waals surface area contributed by atoms with E-state index in [1.165, 1.54) is 0 Å². The first kappa shape index (κ1) is 17.0. The molecule has 0 unspecified atom stereocenters. The minimum atomic E-state index is -7.08. The molecule has 0 amide bonds. The van der Waals surface area contributed by atoms with E-state index >= 15 is 0 Å². The van der Waals surface area contributed by atoms with Crippen LogP contribution >= 0.6 is 0 Å². The van der Waals surface area contributed by atoms with Crippen LogP contribution in [0.1, 0.15) is 0 Å². The summed E-state index contributed by atoms with van der Waals surface area (Å²) in [4.78, 5) is 0. The van der Waals surface area contributed by atoms with Crippen LogP contribution < -0.4 is 0 Å². The first-order chi connectivity index (χ1) is 7.57. The van der Waals surface area contributed by atoms with Crippen LogP contribution in [0.15, 0.2) is 11.0 Å². The number of rotatable bonds is 3. The van der Waals surface area contributed by atoms with Crippen molar-refractivity contribution in [2.45, 2.75) is 18.0 Å². The van der Waals surface area contributed by atoms with Gasteiger partial charge in [-0.3, -0.25) is 4.55 Å². The van der Waals surface area contributed by atoms with Crippen LogP contribution in [0.3, 0.4) is 0 Å². The maximum atomic E-state index is 12.4. The van der Waals surface area contributed by atoms with E-state index < -0.39 is 39.1 Å². The summed E-state index contributed by atoms with van der Waals surface area (Å²) in [7, 11) is -6.33. The molecule has 18 heavy (non-hydrogen) atoms. The Morgan fingerprint density at radius 2 is 1.22 bits per heavy atom. The summed E-state index contributed by atoms with van der Waals surface area (Å²) in [6.45, 7) is 0. The lowest BCUT2D eigenvalue weighted by atomic mass is 10.1. The van der Waals surface area contributed by atoms with Gasteiger partial charge in [0.15, 0.2) is 0 Å². The summed E-state index contributed by atoms with van der Waals surface area (Å²) in [5, 5.41) is -3.84. The summed E-state index contributed by atoms with van der Waals surface area (Å²) in [6, 6.07) is 0. The minimum absolute atomic E-state index is 3.84. The molecule has 0 rings (SSSR count). The zero-order valence-electron chi connectivity index (χ0n) is 7.57. The lowest BCUT2D eigenvalue weighted by molar-refractivity contribution is -0.347. The highest BCUT2D eigenvalue weighted by Crippen LogP contribution is 2.51. The molecule has 0 bridgehead atoms. The normalized spacial score (nSPS) is 16.6. The average Bonchev–Trinajstić information content (AvgIpc) is 2.11. The van der Waals surface area contributed by atoms with Crippen LogP contribution in [0.5, 0.6) is 0 Å². The molecule has 0 radical (unpaired) electrons. The second-order valence-corrected chi connectivity index (χ2v) is 4.02. The Morgan fingerprint density at radius 1 is 0.889 bits per heavy atom. The largest absolute Gasteiger partial charge is 0.460 e. The van der Waals surface area contributed by atoms with Crippen LogP contribution in [0.25, 0.3) is 0 Å². The van der Waals surface area contributed by atoms with E-state index in [4.69, 9.17) is 4.55 Å². The Balaban J connectivity index is 5.99. The second kappa shape index (κ2) is 4.29. The van der Waals surface area contributed by atoms with E-state index in [0.29, 0.717) is 0 Å². The van der Waals surface area contributed by atoms with Crippen molar-refractivity contribution in [1.29, 1.82) is 0 Å². The minimum Gasteiger partial charge on any atom is -0.280 e. The second-order valence-electron chi connectivity index (χ2n) is 2.71. The molecule has 0 aliphatic rings. The van der Waals surface area contributed by atoms with Gasteiger partial charge < -0.3 is 0 Å². The molecule has 0 spiro atoms. The highest BCUT2D eigenvalue weighted by molar-refractivity contribution is 7.89. The Bertz CT molecular complexity index is 459. The van der Waals surface area contributed by atoms with Crippen molar-refractivity contribution in [1.82, 2.24) is 0 Å². The first-order valence-electron chi connectivity index (χ1n) is 3.42. The van der Waals surface area contributed by atoms with Gasteiger partial charge >= 0.3 is 28.1 Å². The maximum Gasteiger partial charge on any atom is 0.460 e. The van der Waals surface area contributed by atoms with Crippen LogP contribution in [0, 0.1) is 0 Å². The summed E-state index contributed by atoms with van der Waals surface area (Å²) in [6.07, 6.45) is -6.98. The smallest absolute Gasteiger partial charge is 0.280 e. The molecule has 0 heterocycles. The predicted octanol–water partition coefficient (Wildman–Crippen LogP) is 2.82. The van der Waals surface area contributed by atoms with Gasteiger partial charge in [-0.15, -0.1) is 0 Å². The van der Waals surface area contributed by atoms with Crippen molar-refractivity contribution in [2.24, 2.45) is 0 Å². The van der Waals surface area contributed by atoms with Crippen LogP contribution in [0.4, 0.5) is 39.5 Å². The Labute approximate surface area is 92.6 Å². The molecular formula is C5HF9O3S. The maximum absolute atomic E-state index is 12.4. The summed E-state index contributed by atoms with van der Waals surface area (Å²) < 4.78 is 135. The van der Waals surface area contributed by atoms with Gasteiger partial charge in [-0.2, -0.15) is 43.5 Å². The molecule has 0 aromatic rings. The quantitative estimate of drug-likeness (QED) is 0.644. The van der Waals surface area contributed by atoms with Crippen molar-refractivity contribution in [3.63, 3.8) is 0 Å². The zero-order valence-corrected chi connectivity index (χ0v) is 8.39. The average molecular weight is 312 g/mol. The van der Waals surface area contributed by atoms with E-state index in [-0.39, 0.29) is 0 Å². The van der Waals surface area contributed by atoms with Crippen molar-refractivity contribution in [3.05, 3.63) is 11.0 Å². The zero-order chi connectivity index (χ0) is 15.2. The van der Waals surface area contributed by atoms with Gasteiger partial charge in [-0.25, -0.2) is 4.39 Å². The Kier molecular flexibility index (Phi) is 4.06. The van der Waals surface area contributed by atoms with Crippen LogP contribution in [0.2, 0.25) is 0 Å². The van der Waals surface area contributed by atoms with E-state index in [9.17, 15) is 47.9 Å². The molecule has 1 N–H and O–H groups in total.